The van der Waals surface area contributed by atoms with Gasteiger partial charge in [-0.3, -0.25) is 4.79 Å². The molecule has 1 aromatic heterocycles. The van der Waals surface area contributed by atoms with Gasteiger partial charge in [0.05, 0.1) is 16.7 Å². The summed E-state index contributed by atoms with van der Waals surface area (Å²) < 4.78 is 29.8. The molecule has 0 aliphatic rings. The van der Waals surface area contributed by atoms with Crippen LogP contribution in [0, 0.1) is 6.92 Å². The average Bonchev–Trinajstić information content (AvgIpc) is 3.15. The van der Waals surface area contributed by atoms with Crippen LogP contribution < -0.4 is 5.73 Å². The first kappa shape index (κ1) is 20.8. The predicted octanol–water partition coefficient (Wildman–Crippen LogP) is 3.94. The molecule has 2 atom stereocenters. The van der Waals surface area contributed by atoms with Crippen molar-refractivity contribution in [3.63, 3.8) is 0 Å². The second kappa shape index (κ2) is 8.00. The van der Waals surface area contributed by atoms with Crippen LogP contribution >= 0.6 is 0 Å². The number of primary amides is 1. The monoisotopic (exact) mass is 434 g/mol. The van der Waals surface area contributed by atoms with Gasteiger partial charge in [0.2, 0.25) is 11.8 Å². The minimum absolute atomic E-state index is 0.175. The molecular weight excluding hydrogens is 412 g/mol. The number of carbonyl (C=O) groups excluding carboxylic acids is 1. The third-order valence-electron chi connectivity index (χ3n) is 5.41. The first-order valence-corrected chi connectivity index (χ1v) is 11.6. The van der Waals surface area contributed by atoms with E-state index in [0.29, 0.717) is 22.6 Å². The summed E-state index contributed by atoms with van der Waals surface area (Å²) in [6.45, 7) is 1.95. The number of amides is 1. The summed E-state index contributed by atoms with van der Waals surface area (Å²) in [6.07, 6.45) is 1.14. The van der Waals surface area contributed by atoms with E-state index in [0.717, 1.165) is 17.4 Å². The van der Waals surface area contributed by atoms with Gasteiger partial charge in [-0.1, -0.05) is 48.5 Å². The molecule has 7 heteroatoms. The SMILES string of the molecule is Cc1ccccc1C(c1nc2ccccc2o1)C(C(N)=O)c1ccc(S(C)(=O)=O)cc1. The zero-order valence-corrected chi connectivity index (χ0v) is 18.0. The molecule has 1 heterocycles. The fraction of sp³-hybridized carbons (Fsp3) is 0.167. The molecule has 0 bridgehead atoms. The molecule has 4 rings (SSSR count). The molecule has 0 radical (unpaired) electrons. The van der Waals surface area contributed by atoms with Crippen LogP contribution in [0.3, 0.4) is 0 Å². The Labute approximate surface area is 180 Å². The third kappa shape index (κ3) is 4.09. The van der Waals surface area contributed by atoms with Gasteiger partial charge >= 0.3 is 0 Å². The van der Waals surface area contributed by atoms with Crippen LogP contribution in [-0.4, -0.2) is 25.6 Å². The topological polar surface area (TPSA) is 103 Å². The molecule has 6 nitrogen and oxygen atoms in total. The molecule has 4 aromatic rings. The van der Waals surface area contributed by atoms with Crippen molar-refractivity contribution >= 4 is 26.8 Å². The Bertz CT molecular complexity index is 1320. The van der Waals surface area contributed by atoms with Crippen LogP contribution in [-0.2, 0) is 14.6 Å². The van der Waals surface area contributed by atoms with Crippen molar-refractivity contribution in [1.82, 2.24) is 4.98 Å². The summed E-state index contributed by atoms with van der Waals surface area (Å²) in [5.74, 6) is -1.55. The van der Waals surface area contributed by atoms with Crippen molar-refractivity contribution in [1.29, 1.82) is 0 Å². The highest BCUT2D eigenvalue weighted by Crippen LogP contribution is 2.40. The Hall–Kier alpha value is -3.45. The Kier molecular flexibility index (Phi) is 5.37. The average molecular weight is 435 g/mol. The first-order chi connectivity index (χ1) is 14.8. The fourth-order valence-electron chi connectivity index (χ4n) is 3.86. The second-order valence-corrected chi connectivity index (χ2v) is 9.59. The van der Waals surface area contributed by atoms with Gasteiger partial charge in [-0.2, -0.15) is 0 Å². The number of nitrogens with two attached hydrogens (primary N) is 1. The number of carbonyl (C=O) groups is 1. The van der Waals surface area contributed by atoms with Crippen LogP contribution in [0.1, 0.15) is 34.4 Å². The van der Waals surface area contributed by atoms with E-state index < -0.39 is 27.6 Å². The third-order valence-corrected chi connectivity index (χ3v) is 6.54. The summed E-state index contributed by atoms with van der Waals surface area (Å²) >= 11 is 0. The molecule has 0 saturated heterocycles. The molecule has 0 spiro atoms. The summed E-state index contributed by atoms with van der Waals surface area (Å²) in [5, 5.41) is 0. The zero-order chi connectivity index (χ0) is 22.2. The van der Waals surface area contributed by atoms with Crippen molar-refractivity contribution in [2.45, 2.75) is 23.7 Å². The fourth-order valence-corrected chi connectivity index (χ4v) is 4.49. The summed E-state index contributed by atoms with van der Waals surface area (Å²) in [4.78, 5) is 17.6. The minimum Gasteiger partial charge on any atom is -0.440 e. The van der Waals surface area contributed by atoms with E-state index in [9.17, 15) is 13.2 Å². The van der Waals surface area contributed by atoms with Crippen molar-refractivity contribution < 1.29 is 17.6 Å². The summed E-state index contributed by atoms with van der Waals surface area (Å²) in [6, 6.07) is 21.3. The van der Waals surface area contributed by atoms with Crippen LogP contribution in [0.2, 0.25) is 0 Å². The molecule has 0 saturated carbocycles. The molecule has 0 fully saturated rings. The van der Waals surface area contributed by atoms with E-state index in [4.69, 9.17) is 10.2 Å². The maximum atomic E-state index is 12.7. The number of hydrogen-bond acceptors (Lipinski definition) is 5. The van der Waals surface area contributed by atoms with Crippen LogP contribution in [0.4, 0.5) is 0 Å². The Morgan fingerprint density at radius 3 is 2.23 bits per heavy atom. The van der Waals surface area contributed by atoms with Gasteiger partial charge < -0.3 is 10.2 Å². The number of nitrogens with zero attached hydrogens (tertiary/aromatic N) is 1. The highest BCUT2D eigenvalue weighted by molar-refractivity contribution is 7.90. The lowest BCUT2D eigenvalue weighted by molar-refractivity contribution is -0.119. The van der Waals surface area contributed by atoms with Crippen molar-refractivity contribution in [3.05, 3.63) is 95.4 Å². The van der Waals surface area contributed by atoms with E-state index in [1.165, 1.54) is 12.1 Å². The quantitative estimate of drug-likeness (QED) is 0.495. The van der Waals surface area contributed by atoms with E-state index in [1.807, 2.05) is 55.5 Å². The molecule has 158 valence electrons. The minimum atomic E-state index is -3.36. The lowest BCUT2D eigenvalue weighted by Crippen LogP contribution is -2.28. The van der Waals surface area contributed by atoms with E-state index >= 15 is 0 Å². The predicted molar refractivity (Wildman–Crippen MR) is 119 cm³/mol. The molecule has 3 aromatic carbocycles. The van der Waals surface area contributed by atoms with Crippen molar-refractivity contribution in [3.8, 4) is 0 Å². The normalized spacial score (nSPS) is 13.7. The van der Waals surface area contributed by atoms with E-state index in [2.05, 4.69) is 4.98 Å². The van der Waals surface area contributed by atoms with Gasteiger partial charge in [0.1, 0.15) is 5.52 Å². The van der Waals surface area contributed by atoms with Gasteiger partial charge in [0, 0.05) is 6.26 Å². The number of aryl methyl sites for hydroxylation is 1. The largest absolute Gasteiger partial charge is 0.440 e. The molecule has 2 unspecified atom stereocenters. The van der Waals surface area contributed by atoms with Crippen LogP contribution in [0.5, 0.6) is 0 Å². The standard InChI is InChI=1S/C24H22N2O4S/c1-15-7-3-4-8-18(15)22(24-26-19-9-5-6-10-20(19)30-24)21(23(25)27)16-11-13-17(14-12-16)31(2,28)29/h3-14,21-22H,1-2H3,(H2,25,27). The molecule has 1 amide bonds. The Balaban J connectivity index is 1.91. The Morgan fingerprint density at radius 1 is 0.968 bits per heavy atom. The van der Waals surface area contributed by atoms with Crippen LogP contribution in [0.15, 0.2) is 82.1 Å². The number of hydrogen-bond donors (Lipinski definition) is 1. The number of rotatable bonds is 6. The maximum absolute atomic E-state index is 12.7. The number of sulfone groups is 1. The molecule has 2 N–H and O–H groups in total. The van der Waals surface area contributed by atoms with Crippen LogP contribution in [0.25, 0.3) is 11.1 Å². The maximum Gasteiger partial charge on any atom is 0.226 e. The second-order valence-electron chi connectivity index (χ2n) is 7.58. The molecule has 0 aliphatic heterocycles. The summed E-state index contributed by atoms with van der Waals surface area (Å²) in [5.41, 5.74) is 9.62. The van der Waals surface area contributed by atoms with Crippen molar-refractivity contribution in [2.75, 3.05) is 6.26 Å². The number of aromatic nitrogens is 1. The van der Waals surface area contributed by atoms with E-state index in [1.54, 1.807) is 12.1 Å². The molecule has 0 aliphatic carbocycles. The molecule has 31 heavy (non-hydrogen) atoms. The zero-order valence-electron chi connectivity index (χ0n) is 17.1. The van der Waals surface area contributed by atoms with Gasteiger partial charge in [-0.05, 0) is 47.9 Å². The first-order valence-electron chi connectivity index (χ1n) is 9.76. The highest BCUT2D eigenvalue weighted by atomic mass is 32.2. The smallest absolute Gasteiger partial charge is 0.226 e. The Morgan fingerprint density at radius 2 is 1.61 bits per heavy atom. The number of oxazole rings is 1. The van der Waals surface area contributed by atoms with Gasteiger partial charge in [0.15, 0.2) is 15.4 Å². The van der Waals surface area contributed by atoms with Gasteiger partial charge in [0.25, 0.3) is 0 Å². The molecular formula is C24H22N2O4S. The number of fused-ring (bicyclic) bond motifs is 1. The number of para-hydroxylation sites is 2. The van der Waals surface area contributed by atoms with Gasteiger partial charge in [-0.25, -0.2) is 13.4 Å². The van der Waals surface area contributed by atoms with E-state index in [-0.39, 0.29) is 4.90 Å². The summed E-state index contributed by atoms with van der Waals surface area (Å²) in [7, 11) is -3.36. The number of benzene rings is 3. The highest BCUT2D eigenvalue weighted by Gasteiger charge is 2.35. The lowest BCUT2D eigenvalue weighted by Gasteiger charge is -2.24. The van der Waals surface area contributed by atoms with Crippen molar-refractivity contribution in [2.24, 2.45) is 5.73 Å². The van der Waals surface area contributed by atoms with Gasteiger partial charge in [-0.15, -0.1) is 0 Å². The lowest BCUT2D eigenvalue weighted by atomic mass is 9.79.